The van der Waals surface area contributed by atoms with Gasteiger partial charge in [-0.2, -0.15) is 4.39 Å². The molecule has 2 aliphatic heterocycles. The minimum Gasteiger partial charge on any atom is -0.507 e. The lowest BCUT2D eigenvalue weighted by Gasteiger charge is -2.51. The number of benzene rings is 1. The fourth-order valence-electron chi connectivity index (χ4n) is 5.29. The van der Waals surface area contributed by atoms with Crippen molar-refractivity contribution in [3.8, 4) is 28.3 Å². The Morgan fingerprint density at radius 2 is 2.03 bits per heavy atom. The molecule has 3 aromatic rings. The molecule has 0 aliphatic carbocycles. The molecule has 2 aliphatic rings. The van der Waals surface area contributed by atoms with Crippen LogP contribution >= 0.6 is 0 Å². The zero-order valence-electron chi connectivity index (χ0n) is 19.9. The van der Waals surface area contributed by atoms with E-state index in [4.69, 9.17) is 0 Å². The lowest BCUT2D eigenvalue weighted by molar-refractivity contribution is 0.0607. The van der Waals surface area contributed by atoms with Gasteiger partial charge < -0.3 is 15.3 Å². The number of halogens is 2. The molecular weight excluding hydrogens is 454 g/mol. The Hall–Kier alpha value is -3.40. The molecule has 8 nitrogen and oxygen atoms in total. The Kier molecular flexibility index (Phi) is 5.79. The van der Waals surface area contributed by atoms with Gasteiger partial charge in [0.15, 0.2) is 17.6 Å². The Bertz CT molecular complexity index is 1310. The lowest BCUT2D eigenvalue weighted by Crippen LogP contribution is -2.66. The van der Waals surface area contributed by atoms with Gasteiger partial charge in [0.25, 0.3) is 5.56 Å². The van der Waals surface area contributed by atoms with Gasteiger partial charge in [-0.25, -0.2) is 9.37 Å². The van der Waals surface area contributed by atoms with Crippen LogP contribution in [-0.4, -0.2) is 55.7 Å². The first-order chi connectivity index (χ1) is 16.6. The normalized spacial score (nSPS) is 25.9. The number of rotatable bonds is 4. The number of anilines is 1. The van der Waals surface area contributed by atoms with Crippen LogP contribution < -0.4 is 15.8 Å². The van der Waals surface area contributed by atoms with E-state index in [0.29, 0.717) is 28.9 Å². The predicted molar refractivity (Wildman–Crippen MR) is 128 cm³/mol. The number of hydrogen-bond acceptors (Lipinski definition) is 7. The second-order valence-electron chi connectivity index (χ2n) is 9.87. The Morgan fingerprint density at radius 1 is 1.23 bits per heavy atom. The summed E-state index contributed by atoms with van der Waals surface area (Å²) < 4.78 is 30.1. The maximum Gasteiger partial charge on any atom is 0.253 e. The molecule has 1 aromatic carbocycles. The molecule has 0 amide bonds. The predicted octanol–water partition coefficient (Wildman–Crippen LogP) is 3.20. The Morgan fingerprint density at radius 3 is 2.71 bits per heavy atom. The van der Waals surface area contributed by atoms with Gasteiger partial charge in [-0.1, -0.05) is 6.07 Å². The van der Waals surface area contributed by atoms with Gasteiger partial charge in [-0.05, 0) is 61.9 Å². The van der Waals surface area contributed by atoms with Crippen LogP contribution in [0.4, 0.5) is 14.6 Å². The minimum absolute atomic E-state index is 0.0926. The smallest absolute Gasteiger partial charge is 0.253 e. The van der Waals surface area contributed by atoms with E-state index in [1.54, 1.807) is 17.0 Å². The highest BCUT2D eigenvalue weighted by Crippen LogP contribution is 2.38. The first kappa shape index (κ1) is 23.3. The Balaban J connectivity index is 1.37. The summed E-state index contributed by atoms with van der Waals surface area (Å²) in [5.74, 6) is -0.149. The molecule has 4 atom stereocenters. The first-order valence-corrected chi connectivity index (χ1v) is 11.7. The van der Waals surface area contributed by atoms with Crippen LogP contribution in [0.3, 0.4) is 0 Å². The Labute approximate surface area is 201 Å². The number of aromatic hydroxyl groups is 1. The van der Waals surface area contributed by atoms with Crippen molar-refractivity contribution in [3.63, 3.8) is 0 Å². The molecule has 4 heterocycles. The van der Waals surface area contributed by atoms with Gasteiger partial charge >= 0.3 is 0 Å². The molecule has 5 rings (SSSR count). The highest BCUT2D eigenvalue weighted by molar-refractivity contribution is 5.72. The molecule has 10 heteroatoms. The van der Waals surface area contributed by atoms with E-state index < -0.39 is 17.7 Å². The van der Waals surface area contributed by atoms with Crippen LogP contribution in [0.15, 0.2) is 41.3 Å². The number of pyridine rings is 1. The number of piperidine rings is 2. The van der Waals surface area contributed by atoms with E-state index >= 15 is 4.39 Å². The van der Waals surface area contributed by atoms with Crippen LogP contribution in [-0.2, 0) is 7.05 Å². The van der Waals surface area contributed by atoms with Crippen molar-refractivity contribution in [3.05, 3.63) is 52.8 Å². The van der Waals surface area contributed by atoms with Gasteiger partial charge in [0.1, 0.15) is 11.9 Å². The summed E-state index contributed by atoms with van der Waals surface area (Å²) in [6.07, 6.45) is 4.03. The molecule has 2 N–H and O–H groups in total. The SMILES string of the molecule is CN(c1cnc(-c2ccc(-c3cc(F)n(C)c(=O)c3)cc2O)nn1)[C@H]1C[C@]2(C)CCC[C@@H](N2)[C@H]1F. The maximum atomic E-state index is 15.2. The largest absolute Gasteiger partial charge is 0.507 e. The van der Waals surface area contributed by atoms with Crippen LogP contribution in [0.25, 0.3) is 22.5 Å². The number of nitrogens with one attached hydrogen (secondary N) is 1. The monoisotopic (exact) mass is 482 g/mol. The second-order valence-corrected chi connectivity index (χ2v) is 9.87. The first-order valence-electron chi connectivity index (χ1n) is 11.7. The van der Waals surface area contributed by atoms with Crippen LogP contribution in [0.2, 0.25) is 0 Å². The van der Waals surface area contributed by atoms with E-state index in [1.807, 2.05) is 7.05 Å². The number of nitrogens with zero attached hydrogens (tertiary/aromatic N) is 5. The molecule has 2 fully saturated rings. The van der Waals surface area contributed by atoms with Gasteiger partial charge in [-0.3, -0.25) is 9.36 Å². The molecule has 0 spiro atoms. The van der Waals surface area contributed by atoms with E-state index in [-0.39, 0.29) is 29.2 Å². The fraction of sp³-hybridized carbons (Fsp3) is 0.440. The molecule has 2 bridgehead atoms. The summed E-state index contributed by atoms with van der Waals surface area (Å²) in [5, 5.41) is 22.5. The number of alkyl halides is 1. The van der Waals surface area contributed by atoms with Gasteiger partial charge in [0.05, 0.1) is 17.8 Å². The van der Waals surface area contributed by atoms with Crippen molar-refractivity contribution in [2.45, 2.75) is 56.4 Å². The van der Waals surface area contributed by atoms with Gasteiger partial charge in [0, 0.05) is 31.7 Å². The number of fused-ring (bicyclic) bond motifs is 2. The van der Waals surface area contributed by atoms with Crippen molar-refractivity contribution in [1.29, 1.82) is 0 Å². The molecule has 184 valence electrons. The summed E-state index contributed by atoms with van der Waals surface area (Å²) in [4.78, 5) is 18.1. The zero-order chi connectivity index (χ0) is 24.9. The van der Waals surface area contributed by atoms with Crippen LogP contribution in [0, 0.1) is 5.95 Å². The molecule has 0 unspecified atom stereocenters. The van der Waals surface area contributed by atoms with E-state index in [1.165, 1.54) is 31.4 Å². The number of phenols is 1. The third kappa shape index (κ3) is 4.27. The van der Waals surface area contributed by atoms with Crippen molar-refractivity contribution >= 4 is 5.82 Å². The van der Waals surface area contributed by atoms with E-state index in [0.717, 1.165) is 23.8 Å². The van der Waals surface area contributed by atoms with Crippen molar-refractivity contribution in [1.82, 2.24) is 25.1 Å². The summed E-state index contributed by atoms with van der Waals surface area (Å²) >= 11 is 0. The third-order valence-electron chi connectivity index (χ3n) is 7.37. The molecule has 2 aromatic heterocycles. The number of phenolic OH excluding ortho intramolecular Hbond substituents is 1. The summed E-state index contributed by atoms with van der Waals surface area (Å²) in [5.41, 5.74) is 0.588. The van der Waals surface area contributed by atoms with Gasteiger partial charge in [0.2, 0.25) is 0 Å². The second kappa shape index (κ2) is 8.67. The summed E-state index contributed by atoms with van der Waals surface area (Å²) in [7, 11) is 3.15. The average Bonchev–Trinajstić information content (AvgIpc) is 2.84. The quantitative estimate of drug-likeness (QED) is 0.552. The molecule has 35 heavy (non-hydrogen) atoms. The van der Waals surface area contributed by atoms with Crippen LogP contribution in [0.5, 0.6) is 5.75 Å². The average molecular weight is 483 g/mol. The standard InChI is InChI=1S/C25H28F2N6O2/c1-25-8-4-5-17(29-25)23(27)18(12-25)32(2)21-13-28-24(31-30-21)16-7-6-14(9-19(16)34)15-10-20(26)33(3)22(35)11-15/h6-7,9-11,13,17-18,23,29,34H,4-5,8,12H2,1-3H3/t17-,18+,23-,25+/m1/s1. The molecule has 2 saturated heterocycles. The van der Waals surface area contributed by atoms with E-state index in [9.17, 15) is 14.3 Å². The van der Waals surface area contributed by atoms with Crippen molar-refractivity contribution < 1.29 is 13.9 Å². The third-order valence-corrected chi connectivity index (χ3v) is 7.37. The highest BCUT2D eigenvalue weighted by Gasteiger charge is 2.47. The summed E-state index contributed by atoms with van der Waals surface area (Å²) in [6, 6.07) is 6.69. The van der Waals surface area contributed by atoms with Crippen LogP contribution in [0.1, 0.15) is 32.6 Å². The minimum atomic E-state index is -1.02. The fourth-order valence-corrected chi connectivity index (χ4v) is 5.29. The molecule has 0 saturated carbocycles. The highest BCUT2D eigenvalue weighted by atomic mass is 19.1. The molecular formula is C25H28F2N6O2. The van der Waals surface area contributed by atoms with Gasteiger partial charge in [-0.15, -0.1) is 10.2 Å². The molecule has 0 radical (unpaired) electrons. The van der Waals surface area contributed by atoms with E-state index in [2.05, 4.69) is 27.4 Å². The van der Waals surface area contributed by atoms with Crippen molar-refractivity contribution in [2.24, 2.45) is 7.05 Å². The van der Waals surface area contributed by atoms with Crippen molar-refractivity contribution in [2.75, 3.05) is 11.9 Å². The topological polar surface area (TPSA) is 96.2 Å². The number of aromatic nitrogens is 4. The number of hydrogen-bond donors (Lipinski definition) is 2. The lowest BCUT2D eigenvalue weighted by atomic mass is 9.74. The maximum absolute atomic E-state index is 15.2. The zero-order valence-corrected chi connectivity index (χ0v) is 19.9. The summed E-state index contributed by atoms with van der Waals surface area (Å²) in [6.45, 7) is 2.15.